The third kappa shape index (κ3) is 3.17. The van der Waals surface area contributed by atoms with Gasteiger partial charge in [-0.25, -0.2) is 4.98 Å². The van der Waals surface area contributed by atoms with E-state index in [0.29, 0.717) is 6.42 Å². The normalized spacial score (nSPS) is 12.6. The van der Waals surface area contributed by atoms with Crippen LogP contribution in [0.2, 0.25) is 0 Å². The minimum Gasteiger partial charge on any atom is -0.388 e. The average Bonchev–Trinajstić information content (AvgIpc) is 2.81. The molecule has 0 saturated heterocycles. The third-order valence-corrected chi connectivity index (χ3v) is 3.28. The van der Waals surface area contributed by atoms with Gasteiger partial charge in [-0.2, -0.15) is 10.2 Å². The summed E-state index contributed by atoms with van der Waals surface area (Å²) in [6, 6.07) is 1.93. The van der Waals surface area contributed by atoms with E-state index in [1.807, 2.05) is 37.7 Å². The molecule has 5 nitrogen and oxygen atoms in total. The predicted molar refractivity (Wildman–Crippen MR) is 72.6 cm³/mol. The van der Waals surface area contributed by atoms with Crippen LogP contribution >= 0.6 is 0 Å². The van der Waals surface area contributed by atoms with Gasteiger partial charge in [-0.3, -0.25) is 0 Å². The topological polar surface area (TPSA) is 63.8 Å². The van der Waals surface area contributed by atoms with Crippen molar-refractivity contribution in [2.24, 2.45) is 7.05 Å². The highest BCUT2D eigenvalue weighted by Gasteiger charge is 2.14. The van der Waals surface area contributed by atoms with Crippen molar-refractivity contribution >= 4 is 0 Å². The van der Waals surface area contributed by atoms with Gasteiger partial charge in [-0.05, 0) is 25.8 Å². The maximum Gasteiger partial charge on any atom is 0.108 e. The van der Waals surface area contributed by atoms with Crippen molar-refractivity contribution in [2.75, 3.05) is 0 Å². The summed E-state index contributed by atoms with van der Waals surface area (Å²) in [4.78, 5) is 4.27. The maximum atomic E-state index is 10.3. The van der Waals surface area contributed by atoms with Crippen LogP contribution in [0.25, 0.3) is 0 Å². The minimum atomic E-state index is -0.513. The predicted octanol–water partition coefficient (Wildman–Crippen LogP) is 1.75. The second-order valence-corrected chi connectivity index (χ2v) is 4.75. The van der Waals surface area contributed by atoms with Crippen LogP contribution in [-0.2, 0) is 19.9 Å². The van der Waals surface area contributed by atoms with E-state index in [1.54, 1.807) is 6.20 Å². The molecule has 1 N–H and O–H groups in total. The fourth-order valence-corrected chi connectivity index (χ4v) is 2.16. The Kier molecular flexibility index (Phi) is 4.27. The van der Waals surface area contributed by atoms with Gasteiger partial charge in [-0.15, -0.1) is 0 Å². The van der Waals surface area contributed by atoms with Gasteiger partial charge in [0.1, 0.15) is 5.82 Å². The summed E-state index contributed by atoms with van der Waals surface area (Å²) >= 11 is 0. The summed E-state index contributed by atoms with van der Waals surface area (Å²) in [6.45, 7) is 3.91. The highest BCUT2D eigenvalue weighted by molar-refractivity contribution is 5.23. The molecular weight excluding hydrogens is 240 g/mol. The molecule has 2 aromatic heterocycles. The number of aromatic nitrogens is 4. The van der Waals surface area contributed by atoms with E-state index in [0.717, 1.165) is 35.6 Å². The highest BCUT2D eigenvalue weighted by Crippen LogP contribution is 2.21. The number of imidazole rings is 1. The molecule has 0 spiro atoms. The van der Waals surface area contributed by atoms with Crippen LogP contribution in [0.1, 0.15) is 42.2 Å². The van der Waals surface area contributed by atoms with Crippen LogP contribution in [0.3, 0.4) is 0 Å². The minimum absolute atomic E-state index is 0.513. The molecule has 0 aliphatic carbocycles. The number of aryl methyl sites for hydroxylation is 4. The SMILES string of the molecule is CCc1nnc(C)cc1C(O)CCc1nccn1C. The van der Waals surface area contributed by atoms with Crippen LogP contribution in [-0.4, -0.2) is 24.9 Å². The number of aliphatic hydroxyl groups is 1. The van der Waals surface area contributed by atoms with Gasteiger partial charge in [0, 0.05) is 31.4 Å². The van der Waals surface area contributed by atoms with Crippen molar-refractivity contribution in [3.05, 3.63) is 41.2 Å². The zero-order valence-corrected chi connectivity index (χ0v) is 11.7. The molecule has 0 aliphatic rings. The van der Waals surface area contributed by atoms with Gasteiger partial charge >= 0.3 is 0 Å². The van der Waals surface area contributed by atoms with Crippen LogP contribution < -0.4 is 0 Å². The van der Waals surface area contributed by atoms with E-state index in [2.05, 4.69) is 15.2 Å². The van der Waals surface area contributed by atoms with Gasteiger partial charge in [0.2, 0.25) is 0 Å². The molecule has 0 fully saturated rings. The van der Waals surface area contributed by atoms with Gasteiger partial charge in [0.25, 0.3) is 0 Å². The Morgan fingerprint density at radius 1 is 1.37 bits per heavy atom. The van der Waals surface area contributed by atoms with Gasteiger partial charge in [0.05, 0.1) is 17.5 Å². The van der Waals surface area contributed by atoms with Crippen molar-refractivity contribution < 1.29 is 5.11 Å². The molecule has 2 aromatic rings. The van der Waals surface area contributed by atoms with E-state index < -0.39 is 6.10 Å². The summed E-state index contributed by atoms with van der Waals surface area (Å²) < 4.78 is 1.98. The van der Waals surface area contributed by atoms with Gasteiger partial charge < -0.3 is 9.67 Å². The lowest BCUT2D eigenvalue weighted by Crippen LogP contribution is -2.08. The average molecular weight is 260 g/mol. The molecule has 5 heteroatoms. The van der Waals surface area contributed by atoms with E-state index in [-0.39, 0.29) is 0 Å². The van der Waals surface area contributed by atoms with Crippen LogP contribution in [0.15, 0.2) is 18.5 Å². The molecule has 0 aromatic carbocycles. The summed E-state index contributed by atoms with van der Waals surface area (Å²) in [7, 11) is 1.96. The monoisotopic (exact) mass is 260 g/mol. The molecule has 1 atom stereocenters. The third-order valence-electron chi connectivity index (χ3n) is 3.28. The molecule has 2 heterocycles. The number of aliphatic hydroxyl groups excluding tert-OH is 1. The summed E-state index contributed by atoms with van der Waals surface area (Å²) in [5.74, 6) is 0.982. The van der Waals surface area contributed by atoms with E-state index in [9.17, 15) is 5.11 Å². The fraction of sp³-hybridized carbons (Fsp3) is 0.500. The quantitative estimate of drug-likeness (QED) is 0.889. The molecule has 0 radical (unpaired) electrons. The standard InChI is InChI=1S/C14H20N4O/c1-4-12-11(9-10(2)16-17-12)13(19)5-6-14-15-7-8-18(14)3/h7-9,13,19H,4-6H2,1-3H3. The largest absolute Gasteiger partial charge is 0.388 e. The molecule has 19 heavy (non-hydrogen) atoms. The Balaban J connectivity index is 2.09. The van der Waals surface area contributed by atoms with E-state index in [1.165, 1.54) is 0 Å². The number of hydrogen-bond donors (Lipinski definition) is 1. The Labute approximate surface area is 113 Å². The smallest absolute Gasteiger partial charge is 0.108 e. The van der Waals surface area contributed by atoms with Crippen LogP contribution in [0.4, 0.5) is 0 Å². The molecular formula is C14H20N4O. The van der Waals surface area contributed by atoms with E-state index >= 15 is 0 Å². The van der Waals surface area contributed by atoms with E-state index in [4.69, 9.17) is 0 Å². The highest BCUT2D eigenvalue weighted by atomic mass is 16.3. The van der Waals surface area contributed by atoms with Crippen molar-refractivity contribution in [1.29, 1.82) is 0 Å². The fourth-order valence-electron chi connectivity index (χ4n) is 2.16. The molecule has 102 valence electrons. The summed E-state index contributed by atoms with van der Waals surface area (Å²) in [5.41, 5.74) is 2.60. The first kappa shape index (κ1) is 13.7. The molecule has 0 saturated carbocycles. The Bertz CT molecular complexity index is 550. The second kappa shape index (κ2) is 5.93. The maximum absolute atomic E-state index is 10.3. The molecule has 2 rings (SSSR count). The van der Waals surface area contributed by atoms with Crippen molar-refractivity contribution in [3.63, 3.8) is 0 Å². The zero-order valence-electron chi connectivity index (χ0n) is 11.7. The molecule has 0 aliphatic heterocycles. The number of hydrogen-bond acceptors (Lipinski definition) is 4. The lowest BCUT2D eigenvalue weighted by molar-refractivity contribution is 0.165. The molecule has 1 unspecified atom stereocenters. The number of rotatable bonds is 5. The second-order valence-electron chi connectivity index (χ2n) is 4.75. The van der Waals surface area contributed by atoms with Crippen LogP contribution in [0, 0.1) is 6.92 Å². The Hall–Kier alpha value is -1.75. The first-order valence-corrected chi connectivity index (χ1v) is 6.59. The zero-order chi connectivity index (χ0) is 13.8. The van der Waals surface area contributed by atoms with Gasteiger partial charge in [-0.1, -0.05) is 6.92 Å². The molecule has 0 bridgehead atoms. The lowest BCUT2D eigenvalue weighted by Gasteiger charge is -2.14. The van der Waals surface area contributed by atoms with Crippen molar-refractivity contribution in [2.45, 2.75) is 39.2 Å². The first-order chi connectivity index (χ1) is 9.11. The Morgan fingerprint density at radius 3 is 2.79 bits per heavy atom. The van der Waals surface area contributed by atoms with Crippen molar-refractivity contribution in [1.82, 2.24) is 19.7 Å². The lowest BCUT2D eigenvalue weighted by atomic mass is 10.0. The Morgan fingerprint density at radius 2 is 2.16 bits per heavy atom. The summed E-state index contributed by atoms with van der Waals surface area (Å²) in [5, 5.41) is 18.5. The number of nitrogens with zero attached hydrogens (tertiary/aromatic N) is 4. The van der Waals surface area contributed by atoms with Gasteiger partial charge in [0.15, 0.2) is 0 Å². The summed E-state index contributed by atoms with van der Waals surface area (Å²) in [6.07, 6.45) is 5.34. The van der Waals surface area contributed by atoms with Crippen molar-refractivity contribution in [3.8, 4) is 0 Å². The first-order valence-electron chi connectivity index (χ1n) is 6.59. The molecule has 0 amide bonds. The van der Waals surface area contributed by atoms with Crippen LogP contribution in [0.5, 0.6) is 0 Å².